The van der Waals surface area contributed by atoms with E-state index in [1.54, 1.807) is 0 Å². The smallest absolute Gasteiger partial charge is 0.170 e. The van der Waals surface area contributed by atoms with Crippen molar-refractivity contribution in [2.75, 3.05) is 7.05 Å². The molecule has 0 spiro atoms. The van der Waals surface area contributed by atoms with E-state index in [2.05, 4.69) is 17.1 Å². The fourth-order valence-corrected chi connectivity index (χ4v) is 6.72. The third-order valence-corrected chi connectivity index (χ3v) is 9.14. The zero-order valence-corrected chi connectivity index (χ0v) is 16.9. The molecule has 0 aromatic heterocycles. The van der Waals surface area contributed by atoms with E-state index in [1.165, 1.54) is 57.8 Å². The van der Waals surface area contributed by atoms with Crippen LogP contribution in [0.2, 0.25) is 0 Å². The Bertz CT molecular complexity index is 470. The molecule has 5 heteroatoms. The summed E-state index contributed by atoms with van der Waals surface area (Å²) in [5.41, 5.74) is 0. The molecule has 1 N–H and O–H groups in total. The molecule has 0 amide bonds. The molecular weight excluding hydrogens is 320 g/mol. The van der Waals surface area contributed by atoms with E-state index in [0.717, 1.165) is 0 Å². The minimum atomic E-state index is -3.14. The highest BCUT2D eigenvalue weighted by Gasteiger charge is 2.48. The number of hydrogen-bond donors (Lipinski definition) is 1. The highest BCUT2D eigenvalue weighted by atomic mass is 32.2. The Morgan fingerprint density at radius 1 is 1.04 bits per heavy atom. The highest BCUT2D eigenvalue weighted by molar-refractivity contribution is 7.92. The molecule has 2 rings (SSSR count). The Kier molecular flexibility index (Phi) is 7.57. The third-order valence-electron chi connectivity index (χ3n) is 6.38. The van der Waals surface area contributed by atoms with Gasteiger partial charge in [-0.05, 0) is 46.1 Å². The molecule has 1 aliphatic heterocycles. The highest BCUT2D eigenvalue weighted by Crippen LogP contribution is 2.34. The summed E-state index contributed by atoms with van der Waals surface area (Å²) in [4.78, 5) is 2.06. The summed E-state index contributed by atoms with van der Waals surface area (Å²) in [6, 6.07) is 0.0865. The molecule has 2 fully saturated rings. The molecule has 0 radical (unpaired) electrons. The number of sulfone groups is 1. The van der Waals surface area contributed by atoms with Crippen molar-refractivity contribution in [2.45, 2.75) is 108 Å². The summed E-state index contributed by atoms with van der Waals surface area (Å²) < 4.78 is 26.3. The lowest BCUT2D eigenvalue weighted by atomic mass is 9.87. The SMILES string of the molecule is CC[C@H](C)S(=O)(=O)C1C(C2CCCCCCCCC2)NC(C)N1C. The summed E-state index contributed by atoms with van der Waals surface area (Å²) >= 11 is 0. The largest absolute Gasteiger partial charge is 0.296 e. The minimum Gasteiger partial charge on any atom is -0.296 e. The Balaban J connectivity index is 2.20. The maximum absolute atomic E-state index is 13.2. The second-order valence-electron chi connectivity index (χ2n) is 8.04. The van der Waals surface area contributed by atoms with Gasteiger partial charge in [-0.2, -0.15) is 0 Å². The fourth-order valence-electron chi connectivity index (χ4n) is 4.43. The van der Waals surface area contributed by atoms with Crippen molar-refractivity contribution >= 4 is 9.84 Å². The quantitative estimate of drug-likeness (QED) is 0.827. The van der Waals surface area contributed by atoms with E-state index >= 15 is 0 Å². The van der Waals surface area contributed by atoms with Crippen LogP contribution in [0.1, 0.15) is 85.0 Å². The number of nitrogens with one attached hydrogen (secondary N) is 1. The molecule has 1 heterocycles. The fraction of sp³-hybridized carbons (Fsp3) is 1.00. The molecule has 4 atom stereocenters. The van der Waals surface area contributed by atoms with Crippen molar-refractivity contribution in [3.8, 4) is 0 Å². The van der Waals surface area contributed by atoms with Crippen molar-refractivity contribution in [2.24, 2.45) is 5.92 Å². The van der Waals surface area contributed by atoms with E-state index in [-0.39, 0.29) is 22.8 Å². The summed E-state index contributed by atoms with van der Waals surface area (Å²) in [5, 5.41) is 3.01. The maximum atomic E-state index is 13.2. The van der Waals surface area contributed by atoms with E-state index in [4.69, 9.17) is 0 Å². The zero-order chi connectivity index (χ0) is 17.7. The lowest BCUT2D eigenvalue weighted by Crippen LogP contribution is -2.48. The van der Waals surface area contributed by atoms with Crippen LogP contribution in [-0.4, -0.2) is 43.2 Å². The third kappa shape index (κ3) is 4.53. The van der Waals surface area contributed by atoms with Gasteiger partial charge in [-0.25, -0.2) is 8.42 Å². The first-order valence-electron chi connectivity index (χ1n) is 10.1. The van der Waals surface area contributed by atoms with Crippen LogP contribution in [0.25, 0.3) is 0 Å². The van der Waals surface area contributed by atoms with Crippen molar-refractivity contribution in [1.82, 2.24) is 10.2 Å². The van der Waals surface area contributed by atoms with Gasteiger partial charge >= 0.3 is 0 Å². The molecule has 3 unspecified atom stereocenters. The first-order chi connectivity index (χ1) is 11.4. The van der Waals surface area contributed by atoms with Crippen molar-refractivity contribution < 1.29 is 8.42 Å². The number of hydrogen-bond acceptors (Lipinski definition) is 4. The topological polar surface area (TPSA) is 49.4 Å². The molecule has 2 aliphatic rings. The van der Waals surface area contributed by atoms with E-state index in [9.17, 15) is 8.42 Å². The second-order valence-corrected chi connectivity index (χ2v) is 10.5. The monoisotopic (exact) mass is 358 g/mol. The average Bonchev–Trinajstić information content (AvgIpc) is 2.87. The van der Waals surface area contributed by atoms with Gasteiger partial charge in [0.05, 0.1) is 11.4 Å². The number of likely N-dealkylation sites (N-methyl/N-ethyl adjacent to an activating group) is 1. The van der Waals surface area contributed by atoms with Gasteiger partial charge in [-0.15, -0.1) is 0 Å². The standard InChI is InChI=1S/C19H38N2O2S/c1-5-15(2)24(22,23)19-18(20-16(3)21(19)4)17-13-11-9-7-6-8-10-12-14-17/h15-20H,5-14H2,1-4H3/t15-,16?,18?,19?/m0/s1. The van der Waals surface area contributed by atoms with Gasteiger partial charge in [-0.1, -0.05) is 51.9 Å². The zero-order valence-electron chi connectivity index (χ0n) is 16.1. The Morgan fingerprint density at radius 3 is 2.04 bits per heavy atom. The van der Waals surface area contributed by atoms with E-state index in [0.29, 0.717) is 12.3 Å². The summed E-state index contributed by atoms with van der Waals surface area (Å²) in [6.07, 6.45) is 12.3. The molecule has 0 aromatic carbocycles. The summed E-state index contributed by atoms with van der Waals surface area (Å²) in [6.45, 7) is 5.95. The molecule has 1 saturated heterocycles. The molecule has 0 bridgehead atoms. The average molecular weight is 359 g/mol. The number of nitrogens with zero attached hydrogens (tertiary/aromatic N) is 1. The van der Waals surface area contributed by atoms with Crippen LogP contribution in [-0.2, 0) is 9.84 Å². The summed E-state index contributed by atoms with van der Waals surface area (Å²) in [5.74, 6) is 0.485. The van der Waals surface area contributed by atoms with Crippen LogP contribution in [0.3, 0.4) is 0 Å². The lowest BCUT2D eigenvalue weighted by molar-refractivity contribution is 0.272. The van der Waals surface area contributed by atoms with Crippen LogP contribution < -0.4 is 5.32 Å². The van der Waals surface area contributed by atoms with Crippen molar-refractivity contribution in [3.05, 3.63) is 0 Å². The molecular formula is C19H38N2O2S. The molecule has 1 saturated carbocycles. The molecule has 24 heavy (non-hydrogen) atoms. The molecule has 4 nitrogen and oxygen atoms in total. The van der Waals surface area contributed by atoms with E-state index in [1.807, 2.05) is 20.9 Å². The minimum absolute atomic E-state index is 0.0865. The van der Waals surface area contributed by atoms with Gasteiger partial charge in [0.15, 0.2) is 9.84 Å². The second kappa shape index (κ2) is 9.00. The molecule has 0 aromatic rings. The first kappa shape index (κ1) is 20.2. The molecule has 1 aliphatic carbocycles. The van der Waals surface area contributed by atoms with Gasteiger partial charge in [0, 0.05) is 6.04 Å². The predicted molar refractivity (Wildman–Crippen MR) is 102 cm³/mol. The predicted octanol–water partition coefficient (Wildman–Crippen LogP) is 3.92. The molecule has 142 valence electrons. The van der Waals surface area contributed by atoms with Crippen LogP contribution in [0.5, 0.6) is 0 Å². The maximum Gasteiger partial charge on any atom is 0.170 e. The van der Waals surface area contributed by atoms with Crippen LogP contribution >= 0.6 is 0 Å². The van der Waals surface area contributed by atoms with Crippen molar-refractivity contribution in [1.29, 1.82) is 0 Å². The van der Waals surface area contributed by atoms with Crippen molar-refractivity contribution in [3.63, 3.8) is 0 Å². The van der Waals surface area contributed by atoms with Gasteiger partial charge in [0.1, 0.15) is 5.37 Å². The first-order valence-corrected chi connectivity index (χ1v) is 11.7. The Hall–Kier alpha value is -0.130. The van der Waals surface area contributed by atoms with Gasteiger partial charge in [-0.3, -0.25) is 10.2 Å². The number of rotatable bonds is 4. The summed E-state index contributed by atoms with van der Waals surface area (Å²) in [7, 11) is -1.17. The van der Waals surface area contributed by atoms with Gasteiger partial charge < -0.3 is 0 Å². The van der Waals surface area contributed by atoms with Gasteiger partial charge in [0.2, 0.25) is 0 Å². The van der Waals surface area contributed by atoms with E-state index < -0.39 is 9.84 Å². The lowest BCUT2D eigenvalue weighted by Gasteiger charge is -2.32. The van der Waals surface area contributed by atoms with Crippen LogP contribution in [0.4, 0.5) is 0 Å². The Labute approximate surface area is 149 Å². The Morgan fingerprint density at radius 2 is 1.54 bits per heavy atom. The van der Waals surface area contributed by atoms with Gasteiger partial charge in [0.25, 0.3) is 0 Å². The van der Waals surface area contributed by atoms with Crippen LogP contribution in [0.15, 0.2) is 0 Å². The normalized spacial score (nSPS) is 33.4. The van der Waals surface area contributed by atoms with Crippen LogP contribution in [0, 0.1) is 5.92 Å².